The van der Waals surface area contributed by atoms with Crippen LogP contribution in [0, 0.1) is 6.92 Å². The highest BCUT2D eigenvalue weighted by atomic mass is 32.2. The van der Waals surface area contributed by atoms with Crippen molar-refractivity contribution in [2.24, 2.45) is 0 Å². The lowest BCUT2D eigenvalue weighted by Crippen LogP contribution is -2.32. The molecule has 0 aliphatic carbocycles. The molecule has 0 unspecified atom stereocenters. The van der Waals surface area contributed by atoms with E-state index in [0.717, 1.165) is 17.7 Å². The van der Waals surface area contributed by atoms with Gasteiger partial charge in [-0.2, -0.15) is 13.2 Å². The first-order valence-electron chi connectivity index (χ1n) is 12.1. The largest absolute Gasteiger partial charge is 0.482 e. The second kappa shape index (κ2) is 12.3. The van der Waals surface area contributed by atoms with Gasteiger partial charge in [0.05, 0.1) is 30.2 Å². The van der Waals surface area contributed by atoms with E-state index in [4.69, 9.17) is 9.47 Å². The average Bonchev–Trinajstić information content (AvgIpc) is 2.86. The fraction of sp³-hybridized carbons (Fsp3) is 0.321. The van der Waals surface area contributed by atoms with Crippen molar-refractivity contribution >= 4 is 21.7 Å². The molecule has 0 saturated heterocycles. The maximum absolute atomic E-state index is 13.3. The van der Waals surface area contributed by atoms with Gasteiger partial charge in [0.2, 0.25) is 10.0 Å². The van der Waals surface area contributed by atoms with Gasteiger partial charge < -0.3 is 9.47 Å². The minimum atomic E-state index is -4.44. The first-order chi connectivity index (χ1) is 17.9. The van der Waals surface area contributed by atoms with Gasteiger partial charge in [0.1, 0.15) is 5.75 Å². The second-order valence-electron chi connectivity index (χ2n) is 8.64. The summed E-state index contributed by atoms with van der Waals surface area (Å²) in [5.41, 5.74) is 2.19. The van der Waals surface area contributed by atoms with Gasteiger partial charge in [-0.25, -0.2) is 13.2 Å². The van der Waals surface area contributed by atoms with E-state index >= 15 is 0 Å². The van der Waals surface area contributed by atoms with Crippen LogP contribution >= 0.6 is 0 Å². The van der Waals surface area contributed by atoms with E-state index in [1.54, 1.807) is 63.2 Å². The molecule has 0 spiro atoms. The topological polar surface area (TPSA) is 72.9 Å². The lowest BCUT2D eigenvalue weighted by atomic mass is 10.0. The van der Waals surface area contributed by atoms with E-state index in [-0.39, 0.29) is 25.5 Å². The van der Waals surface area contributed by atoms with Gasteiger partial charge in [-0.05, 0) is 72.9 Å². The predicted molar refractivity (Wildman–Crippen MR) is 140 cm³/mol. The van der Waals surface area contributed by atoms with Gasteiger partial charge in [0.15, 0.2) is 6.61 Å². The lowest BCUT2D eigenvalue weighted by Gasteiger charge is -2.25. The zero-order valence-corrected chi connectivity index (χ0v) is 22.2. The molecule has 38 heavy (non-hydrogen) atoms. The minimum absolute atomic E-state index is 0.0395. The highest BCUT2D eigenvalue weighted by molar-refractivity contribution is 7.92. The molecular weight excluding hydrogens is 519 g/mol. The number of aryl methyl sites for hydroxylation is 1. The SMILES string of the molecule is CCCS(=O)(=O)N(Cc1ccc(OCC(=O)OCC)c(C)c1)c1cccc(-c2ccc(C(F)(F)F)cc2)c1. The number of sulfonamides is 1. The summed E-state index contributed by atoms with van der Waals surface area (Å²) in [5.74, 6) is -0.0770. The van der Waals surface area contributed by atoms with Crippen molar-refractivity contribution in [2.75, 3.05) is 23.3 Å². The fourth-order valence-corrected chi connectivity index (χ4v) is 5.40. The van der Waals surface area contributed by atoms with Crippen molar-refractivity contribution in [2.45, 2.75) is 39.9 Å². The van der Waals surface area contributed by atoms with Gasteiger partial charge in [-0.3, -0.25) is 4.31 Å². The molecule has 0 bridgehead atoms. The molecule has 0 N–H and O–H groups in total. The standard InChI is InChI=1S/C28H30F3NO5S/c1-4-15-38(34,35)32(18-21-9-14-26(20(3)16-21)37-19-27(33)36-5-2)25-8-6-7-23(17-25)22-10-12-24(13-11-22)28(29,30)31/h6-14,16-17H,4-5,15,18-19H2,1-3H3. The average molecular weight is 550 g/mol. The highest BCUT2D eigenvalue weighted by Gasteiger charge is 2.30. The molecule has 0 aliphatic rings. The van der Waals surface area contributed by atoms with Crippen LogP contribution in [-0.4, -0.2) is 33.4 Å². The molecule has 0 aliphatic heterocycles. The Balaban J connectivity index is 1.90. The Bertz CT molecular complexity index is 1360. The van der Waals surface area contributed by atoms with Gasteiger partial charge >= 0.3 is 12.1 Å². The van der Waals surface area contributed by atoms with E-state index in [1.807, 2.05) is 0 Å². The molecule has 204 valence electrons. The molecule has 0 amide bonds. The molecular formula is C28H30F3NO5S. The van der Waals surface area contributed by atoms with Gasteiger partial charge in [0.25, 0.3) is 0 Å². The number of esters is 1. The first-order valence-corrected chi connectivity index (χ1v) is 13.7. The Hall–Kier alpha value is -3.53. The summed E-state index contributed by atoms with van der Waals surface area (Å²) in [6.07, 6.45) is -4.03. The fourth-order valence-electron chi connectivity index (χ4n) is 3.89. The number of ether oxygens (including phenoxy) is 2. The maximum atomic E-state index is 13.3. The van der Waals surface area contributed by atoms with Gasteiger partial charge in [-0.1, -0.05) is 43.3 Å². The summed E-state index contributed by atoms with van der Waals surface area (Å²) >= 11 is 0. The Morgan fingerprint density at radius 2 is 1.66 bits per heavy atom. The molecule has 0 heterocycles. The molecule has 0 aromatic heterocycles. The normalized spacial score (nSPS) is 11.7. The van der Waals surface area contributed by atoms with Crippen molar-refractivity contribution in [3.05, 3.63) is 83.4 Å². The van der Waals surface area contributed by atoms with Crippen LogP contribution in [0.5, 0.6) is 5.75 Å². The summed E-state index contributed by atoms with van der Waals surface area (Å²) < 4.78 is 77.1. The second-order valence-corrected chi connectivity index (χ2v) is 10.7. The van der Waals surface area contributed by atoms with Crippen LogP contribution in [0.15, 0.2) is 66.7 Å². The zero-order chi connectivity index (χ0) is 27.9. The number of hydrogen-bond acceptors (Lipinski definition) is 5. The smallest absolute Gasteiger partial charge is 0.416 e. The predicted octanol–water partition coefficient (Wildman–Crippen LogP) is 6.37. The number of anilines is 1. The summed E-state index contributed by atoms with van der Waals surface area (Å²) in [4.78, 5) is 11.6. The zero-order valence-electron chi connectivity index (χ0n) is 21.4. The number of benzene rings is 3. The van der Waals surface area contributed by atoms with Crippen LogP contribution in [0.25, 0.3) is 11.1 Å². The minimum Gasteiger partial charge on any atom is -0.482 e. The lowest BCUT2D eigenvalue weighted by molar-refractivity contribution is -0.145. The quantitative estimate of drug-likeness (QED) is 0.260. The third-order valence-electron chi connectivity index (χ3n) is 5.69. The van der Waals surface area contributed by atoms with E-state index in [9.17, 15) is 26.4 Å². The van der Waals surface area contributed by atoms with Crippen LogP contribution in [0.2, 0.25) is 0 Å². The Morgan fingerprint density at radius 1 is 0.947 bits per heavy atom. The van der Waals surface area contributed by atoms with Gasteiger partial charge in [0, 0.05) is 0 Å². The number of carbonyl (C=O) groups is 1. The summed E-state index contributed by atoms with van der Waals surface area (Å²) in [6, 6.07) is 16.6. The van der Waals surface area contributed by atoms with Gasteiger partial charge in [-0.15, -0.1) is 0 Å². The van der Waals surface area contributed by atoms with Crippen LogP contribution in [-0.2, 0) is 32.3 Å². The molecule has 0 saturated carbocycles. The molecule has 6 nitrogen and oxygen atoms in total. The molecule has 3 aromatic carbocycles. The number of rotatable bonds is 11. The van der Waals surface area contributed by atoms with Crippen molar-refractivity contribution in [3.63, 3.8) is 0 Å². The van der Waals surface area contributed by atoms with E-state index in [1.165, 1.54) is 16.4 Å². The summed E-state index contributed by atoms with van der Waals surface area (Å²) in [6.45, 7) is 5.33. The molecule has 0 atom stereocenters. The third kappa shape index (κ3) is 7.50. The molecule has 0 radical (unpaired) electrons. The first kappa shape index (κ1) is 29.0. The number of hydrogen-bond donors (Lipinski definition) is 0. The number of carbonyl (C=O) groups excluding carboxylic acids is 1. The maximum Gasteiger partial charge on any atom is 0.416 e. The number of halogens is 3. The Morgan fingerprint density at radius 3 is 2.26 bits per heavy atom. The monoisotopic (exact) mass is 549 g/mol. The summed E-state index contributed by atoms with van der Waals surface area (Å²) in [5, 5.41) is 0. The van der Waals surface area contributed by atoms with Crippen LogP contribution in [0.3, 0.4) is 0 Å². The summed E-state index contributed by atoms with van der Waals surface area (Å²) in [7, 11) is -3.71. The van der Waals surface area contributed by atoms with Crippen LogP contribution < -0.4 is 9.04 Å². The van der Waals surface area contributed by atoms with E-state index < -0.39 is 27.7 Å². The molecule has 3 aromatic rings. The number of nitrogens with zero attached hydrogens (tertiary/aromatic N) is 1. The number of alkyl halides is 3. The Labute approximate surface area is 221 Å². The third-order valence-corrected chi connectivity index (χ3v) is 7.63. The van der Waals surface area contributed by atoms with Crippen molar-refractivity contribution in [3.8, 4) is 16.9 Å². The van der Waals surface area contributed by atoms with E-state index in [2.05, 4.69) is 0 Å². The van der Waals surface area contributed by atoms with Crippen molar-refractivity contribution in [1.29, 1.82) is 0 Å². The Kier molecular flexibility index (Phi) is 9.43. The van der Waals surface area contributed by atoms with Crippen molar-refractivity contribution in [1.82, 2.24) is 0 Å². The van der Waals surface area contributed by atoms with Crippen LogP contribution in [0.1, 0.15) is 37.0 Å². The van der Waals surface area contributed by atoms with Crippen molar-refractivity contribution < 1.29 is 35.9 Å². The van der Waals surface area contributed by atoms with Crippen LogP contribution in [0.4, 0.5) is 18.9 Å². The molecule has 0 fully saturated rings. The molecule has 10 heteroatoms. The highest BCUT2D eigenvalue weighted by Crippen LogP contribution is 2.33. The van der Waals surface area contributed by atoms with E-state index in [0.29, 0.717) is 34.5 Å². The molecule has 3 rings (SSSR count).